The fourth-order valence-electron chi connectivity index (χ4n) is 2.31. The zero-order valence-corrected chi connectivity index (χ0v) is 16.1. The summed E-state index contributed by atoms with van der Waals surface area (Å²) in [5, 5.41) is 10.2. The molecular formula is C18H17IO6. The van der Waals surface area contributed by atoms with Crippen molar-refractivity contribution in [3.63, 3.8) is 0 Å². The average Bonchev–Trinajstić information content (AvgIpc) is 2.61. The standard InChI is InChI=1S/C18H17IO6/c1-23-15-7-5-11(17(22)18(15)25-3)14(21)9-13(20)10-4-6-12(19)16(8-10)24-2/h4-8,22H,9H2,1-3H3. The summed E-state index contributed by atoms with van der Waals surface area (Å²) in [4.78, 5) is 24.8. The number of benzene rings is 2. The summed E-state index contributed by atoms with van der Waals surface area (Å²) in [6, 6.07) is 7.87. The third-order valence-corrected chi connectivity index (χ3v) is 4.51. The number of carbonyl (C=O) groups excluding carboxylic acids is 2. The molecule has 2 aromatic rings. The van der Waals surface area contributed by atoms with E-state index < -0.39 is 5.78 Å². The van der Waals surface area contributed by atoms with Crippen molar-refractivity contribution in [2.45, 2.75) is 6.42 Å². The van der Waals surface area contributed by atoms with Crippen LogP contribution in [0.5, 0.6) is 23.0 Å². The van der Waals surface area contributed by atoms with Gasteiger partial charge < -0.3 is 19.3 Å². The fraction of sp³-hybridized carbons (Fsp3) is 0.222. The Labute approximate surface area is 158 Å². The van der Waals surface area contributed by atoms with Gasteiger partial charge in [0, 0.05) is 5.56 Å². The third kappa shape index (κ3) is 4.04. The van der Waals surface area contributed by atoms with Gasteiger partial charge >= 0.3 is 0 Å². The van der Waals surface area contributed by atoms with Gasteiger partial charge in [-0.15, -0.1) is 0 Å². The van der Waals surface area contributed by atoms with Crippen LogP contribution in [0, 0.1) is 3.57 Å². The van der Waals surface area contributed by atoms with E-state index in [4.69, 9.17) is 14.2 Å². The predicted octanol–water partition coefficient (Wildman–Crippen LogP) is 3.48. The van der Waals surface area contributed by atoms with Crippen molar-refractivity contribution in [2.75, 3.05) is 21.3 Å². The highest BCUT2D eigenvalue weighted by Crippen LogP contribution is 2.39. The number of aromatic hydroxyl groups is 1. The van der Waals surface area contributed by atoms with Crippen LogP contribution in [-0.4, -0.2) is 38.0 Å². The molecule has 0 amide bonds. The van der Waals surface area contributed by atoms with Crippen LogP contribution in [0.2, 0.25) is 0 Å². The first-order chi connectivity index (χ1) is 11.9. The second-order valence-electron chi connectivity index (χ2n) is 5.07. The summed E-state index contributed by atoms with van der Waals surface area (Å²) < 4.78 is 16.2. The minimum absolute atomic E-state index is 0.00322. The summed E-state index contributed by atoms with van der Waals surface area (Å²) in [7, 11) is 4.29. The lowest BCUT2D eigenvalue weighted by atomic mass is 10.00. The molecule has 0 heterocycles. The second-order valence-corrected chi connectivity index (χ2v) is 6.23. The van der Waals surface area contributed by atoms with Crippen LogP contribution in [0.3, 0.4) is 0 Å². The first-order valence-electron chi connectivity index (χ1n) is 7.26. The lowest BCUT2D eigenvalue weighted by Gasteiger charge is -2.12. The minimum atomic E-state index is -0.513. The molecule has 0 unspecified atom stereocenters. The number of phenols is 1. The molecule has 0 aliphatic heterocycles. The summed E-state index contributed by atoms with van der Waals surface area (Å²) >= 11 is 2.09. The Hall–Kier alpha value is -2.29. The van der Waals surface area contributed by atoms with Gasteiger partial charge in [0.25, 0.3) is 0 Å². The van der Waals surface area contributed by atoms with Gasteiger partial charge in [-0.2, -0.15) is 0 Å². The smallest absolute Gasteiger partial charge is 0.203 e. The Kier molecular flexibility index (Phi) is 6.24. The molecule has 0 saturated carbocycles. The topological polar surface area (TPSA) is 82.1 Å². The zero-order chi connectivity index (χ0) is 18.6. The van der Waals surface area contributed by atoms with Crippen molar-refractivity contribution in [2.24, 2.45) is 0 Å². The van der Waals surface area contributed by atoms with Crippen LogP contribution in [0.1, 0.15) is 27.1 Å². The van der Waals surface area contributed by atoms with Gasteiger partial charge in [-0.05, 0) is 46.9 Å². The maximum atomic E-state index is 12.4. The van der Waals surface area contributed by atoms with Gasteiger partial charge in [0.15, 0.2) is 23.1 Å². The Morgan fingerprint density at radius 1 is 0.960 bits per heavy atom. The molecule has 0 bridgehead atoms. The van der Waals surface area contributed by atoms with E-state index in [0.717, 1.165) is 3.57 Å². The third-order valence-electron chi connectivity index (χ3n) is 3.61. The van der Waals surface area contributed by atoms with Crippen LogP contribution < -0.4 is 14.2 Å². The van der Waals surface area contributed by atoms with E-state index in [2.05, 4.69) is 22.6 Å². The van der Waals surface area contributed by atoms with Crippen LogP contribution in [-0.2, 0) is 0 Å². The molecule has 0 aliphatic rings. The molecule has 7 heteroatoms. The van der Waals surface area contributed by atoms with E-state index in [1.165, 1.54) is 33.5 Å². The van der Waals surface area contributed by atoms with Gasteiger partial charge in [0.1, 0.15) is 5.75 Å². The molecule has 0 fully saturated rings. The Morgan fingerprint density at radius 2 is 1.64 bits per heavy atom. The van der Waals surface area contributed by atoms with E-state index >= 15 is 0 Å². The number of methoxy groups -OCH3 is 3. The Morgan fingerprint density at radius 3 is 2.24 bits per heavy atom. The van der Waals surface area contributed by atoms with Crippen molar-refractivity contribution < 1.29 is 28.9 Å². The molecule has 0 radical (unpaired) electrons. The van der Waals surface area contributed by atoms with Crippen molar-refractivity contribution in [3.05, 3.63) is 45.0 Å². The number of phenolic OH excluding ortho intramolecular Hbond substituents is 1. The summed E-state index contributed by atoms with van der Waals surface area (Å²) in [6.45, 7) is 0. The van der Waals surface area contributed by atoms with Crippen molar-refractivity contribution in [3.8, 4) is 23.0 Å². The maximum Gasteiger partial charge on any atom is 0.203 e. The van der Waals surface area contributed by atoms with Gasteiger partial charge in [-0.3, -0.25) is 9.59 Å². The van der Waals surface area contributed by atoms with E-state index in [-0.39, 0.29) is 29.3 Å². The van der Waals surface area contributed by atoms with Gasteiger partial charge in [0.05, 0.1) is 36.9 Å². The molecular weight excluding hydrogens is 439 g/mol. The first-order valence-corrected chi connectivity index (χ1v) is 8.34. The summed E-state index contributed by atoms with van der Waals surface area (Å²) in [6.07, 6.45) is -0.382. The SMILES string of the molecule is COc1cc(C(=O)CC(=O)c2ccc(OC)c(OC)c2O)ccc1I. The number of hydrogen-bond acceptors (Lipinski definition) is 6. The van der Waals surface area contributed by atoms with Gasteiger partial charge in [-0.25, -0.2) is 0 Å². The molecule has 0 spiro atoms. The molecule has 0 aliphatic carbocycles. The average molecular weight is 456 g/mol. The second kappa shape index (κ2) is 8.19. The molecule has 1 N–H and O–H groups in total. The fourth-order valence-corrected chi connectivity index (χ4v) is 2.87. The summed E-state index contributed by atoms with van der Waals surface area (Å²) in [5.74, 6) is -0.315. The molecule has 2 aromatic carbocycles. The van der Waals surface area contributed by atoms with Crippen LogP contribution in [0.4, 0.5) is 0 Å². The number of carbonyl (C=O) groups is 2. The number of hydrogen-bond donors (Lipinski definition) is 1. The number of ketones is 2. The lowest BCUT2D eigenvalue weighted by molar-refractivity contribution is 0.0892. The van der Waals surface area contributed by atoms with Gasteiger partial charge in [0.2, 0.25) is 5.75 Å². The van der Waals surface area contributed by atoms with E-state index in [1.807, 2.05) is 0 Å². The first kappa shape index (κ1) is 19.0. The number of rotatable bonds is 7. The highest BCUT2D eigenvalue weighted by molar-refractivity contribution is 14.1. The predicted molar refractivity (Wildman–Crippen MR) is 100 cm³/mol. The summed E-state index contributed by atoms with van der Waals surface area (Å²) in [5.41, 5.74) is 0.369. The molecule has 132 valence electrons. The molecule has 2 rings (SSSR count). The lowest BCUT2D eigenvalue weighted by Crippen LogP contribution is -2.10. The van der Waals surface area contributed by atoms with Crippen LogP contribution in [0.25, 0.3) is 0 Å². The van der Waals surface area contributed by atoms with Crippen molar-refractivity contribution in [1.29, 1.82) is 0 Å². The molecule has 25 heavy (non-hydrogen) atoms. The van der Waals surface area contributed by atoms with E-state index in [1.54, 1.807) is 18.2 Å². The number of halogens is 1. The number of ether oxygens (including phenoxy) is 3. The largest absolute Gasteiger partial charge is 0.504 e. The van der Waals surface area contributed by atoms with E-state index in [0.29, 0.717) is 17.1 Å². The molecule has 0 saturated heterocycles. The van der Waals surface area contributed by atoms with E-state index in [9.17, 15) is 14.7 Å². The number of Topliss-reactive ketones (excluding diaryl/α,β-unsaturated/α-hetero) is 2. The Bertz CT molecular complexity index is 815. The molecule has 0 aromatic heterocycles. The molecule has 6 nitrogen and oxygen atoms in total. The molecule has 0 atom stereocenters. The van der Waals surface area contributed by atoms with Gasteiger partial charge in [-0.1, -0.05) is 6.07 Å². The van der Waals surface area contributed by atoms with Crippen molar-refractivity contribution in [1.82, 2.24) is 0 Å². The maximum absolute atomic E-state index is 12.4. The highest BCUT2D eigenvalue weighted by atomic mass is 127. The normalized spacial score (nSPS) is 10.2. The quantitative estimate of drug-likeness (QED) is 0.391. The van der Waals surface area contributed by atoms with Crippen LogP contribution in [0.15, 0.2) is 30.3 Å². The zero-order valence-electron chi connectivity index (χ0n) is 14.0. The minimum Gasteiger partial charge on any atom is -0.504 e. The van der Waals surface area contributed by atoms with Crippen LogP contribution >= 0.6 is 22.6 Å². The van der Waals surface area contributed by atoms with Crippen molar-refractivity contribution >= 4 is 34.2 Å². The Balaban J connectivity index is 2.26. The monoisotopic (exact) mass is 456 g/mol. The highest BCUT2D eigenvalue weighted by Gasteiger charge is 2.22.